The zero-order valence-corrected chi connectivity index (χ0v) is 9.64. The SMILES string of the molecule is CC(C)NCc1ccc(C(N)=O)cc1Cl. The lowest BCUT2D eigenvalue weighted by atomic mass is 10.1. The van der Waals surface area contributed by atoms with Crippen LogP contribution in [0, 0.1) is 0 Å². The predicted octanol–water partition coefficient (Wildman–Crippen LogP) is 1.94. The largest absolute Gasteiger partial charge is 0.366 e. The van der Waals surface area contributed by atoms with Gasteiger partial charge in [-0.25, -0.2) is 0 Å². The molecular weight excluding hydrogens is 212 g/mol. The summed E-state index contributed by atoms with van der Waals surface area (Å²) in [5.74, 6) is -0.458. The zero-order valence-electron chi connectivity index (χ0n) is 8.88. The summed E-state index contributed by atoms with van der Waals surface area (Å²) in [4.78, 5) is 10.9. The number of benzene rings is 1. The fourth-order valence-corrected chi connectivity index (χ4v) is 1.41. The number of amides is 1. The van der Waals surface area contributed by atoms with Gasteiger partial charge in [-0.3, -0.25) is 4.79 Å². The summed E-state index contributed by atoms with van der Waals surface area (Å²) < 4.78 is 0. The number of primary amides is 1. The lowest BCUT2D eigenvalue weighted by Gasteiger charge is -2.09. The first-order valence-electron chi connectivity index (χ1n) is 4.82. The number of hydrogen-bond donors (Lipinski definition) is 2. The van der Waals surface area contributed by atoms with Crippen molar-refractivity contribution in [1.82, 2.24) is 5.32 Å². The molecule has 0 spiro atoms. The maximum atomic E-state index is 10.9. The minimum absolute atomic E-state index is 0.400. The molecule has 1 aromatic carbocycles. The molecule has 3 N–H and O–H groups in total. The van der Waals surface area contributed by atoms with Crippen LogP contribution < -0.4 is 11.1 Å². The minimum atomic E-state index is -0.458. The average molecular weight is 227 g/mol. The fraction of sp³-hybridized carbons (Fsp3) is 0.364. The lowest BCUT2D eigenvalue weighted by Crippen LogP contribution is -2.22. The van der Waals surface area contributed by atoms with E-state index in [1.54, 1.807) is 12.1 Å². The number of halogens is 1. The van der Waals surface area contributed by atoms with Crippen LogP contribution >= 0.6 is 11.6 Å². The van der Waals surface area contributed by atoms with Crippen molar-refractivity contribution in [2.45, 2.75) is 26.4 Å². The molecule has 82 valence electrons. The van der Waals surface area contributed by atoms with Gasteiger partial charge in [-0.15, -0.1) is 0 Å². The van der Waals surface area contributed by atoms with Gasteiger partial charge in [0, 0.05) is 23.2 Å². The first kappa shape index (κ1) is 12.0. The van der Waals surface area contributed by atoms with E-state index in [9.17, 15) is 4.79 Å². The highest BCUT2D eigenvalue weighted by Gasteiger charge is 2.05. The Morgan fingerprint density at radius 2 is 2.20 bits per heavy atom. The first-order valence-corrected chi connectivity index (χ1v) is 5.20. The summed E-state index contributed by atoms with van der Waals surface area (Å²) in [6, 6.07) is 5.50. The predicted molar refractivity (Wildman–Crippen MR) is 61.9 cm³/mol. The van der Waals surface area contributed by atoms with Gasteiger partial charge < -0.3 is 11.1 Å². The van der Waals surface area contributed by atoms with E-state index in [4.69, 9.17) is 17.3 Å². The minimum Gasteiger partial charge on any atom is -0.366 e. The number of nitrogens with one attached hydrogen (secondary N) is 1. The van der Waals surface area contributed by atoms with Crippen molar-refractivity contribution in [2.24, 2.45) is 5.73 Å². The van der Waals surface area contributed by atoms with Crippen molar-refractivity contribution >= 4 is 17.5 Å². The van der Waals surface area contributed by atoms with E-state index in [0.29, 0.717) is 23.2 Å². The van der Waals surface area contributed by atoms with Crippen molar-refractivity contribution in [1.29, 1.82) is 0 Å². The molecule has 0 fully saturated rings. The Kier molecular flexibility index (Phi) is 4.12. The molecule has 0 bridgehead atoms. The molecule has 3 nitrogen and oxygen atoms in total. The van der Waals surface area contributed by atoms with Crippen LogP contribution in [0.25, 0.3) is 0 Å². The Labute approximate surface area is 94.6 Å². The average Bonchev–Trinajstić information content (AvgIpc) is 2.15. The van der Waals surface area contributed by atoms with Gasteiger partial charge in [-0.2, -0.15) is 0 Å². The number of carbonyl (C=O) groups is 1. The van der Waals surface area contributed by atoms with Gasteiger partial charge in [0.25, 0.3) is 0 Å². The highest BCUT2D eigenvalue weighted by molar-refractivity contribution is 6.31. The van der Waals surface area contributed by atoms with Gasteiger partial charge in [0.05, 0.1) is 0 Å². The van der Waals surface area contributed by atoms with E-state index in [1.165, 1.54) is 0 Å². The fourth-order valence-electron chi connectivity index (χ4n) is 1.16. The van der Waals surface area contributed by atoms with E-state index < -0.39 is 5.91 Å². The van der Waals surface area contributed by atoms with Gasteiger partial charge in [-0.05, 0) is 17.7 Å². The number of hydrogen-bond acceptors (Lipinski definition) is 2. The summed E-state index contributed by atoms with van der Waals surface area (Å²) in [5.41, 5.74) is 6.55. The van der Waals surface area contributed by atoms with E-state index >= 15 is 0 Å². The third-order valence-corrected chi connectivity index (χ3v) is 2.39. The van der Waals surface area contributed by atoms with Crippen LogP contribution in [0.2, 0.25) is 5.02 Å². The van der Waals surface area contributed by atoms with E-state index in [-0.39, 0.29) is 0 Å². The maximum absolute atomic E-state index is 10.9. The highest BCUT2D eigenvalue weighted by Crippen LogP contribution is 2.17. The molecule has 0 aromatic heterocycles. The molecule has 15 heavy (non-hydrogen) atoms. The summed E-state index contributed by atoms with van der Waals surface area (Å²) in [7, 11) is 0. The molecule has 1 aromatic rings. The summed E-state index contributed by atoms with van der Waals surface area (Å²) in [6.07, 6.45) is 0. The second-order valence-corrected chi connectivity index (χ2v) is 4.11. The monoisotopic (exact) mass is 226 g/mol. The Morgan fingerprint density at radius 3 is 2.67 bits per heavy atom. The normalized spacial score (nSPS) is 10.7. The van der Waals surface area contributed by atoms with E-state index in [0.717, 1.165) is 5.56 Å². The Morgan fingerprint density at radius 1 is 1.53 bits per heavy atom. The van der Waals surface area contributed by atoms with Gasteiger partial charge in [0.1, 0.15) is 0 Å². The second kappa shape index (κ2) is 5.14. The Bertz CT molecular complexity index is 364. The molecule has 0 aliphatic rings. The molecule has 0 saturated heterocycles. The maximum Gasteiger partial charge on any atom is 0.248 e. The Hall–Kier alpha value is -1.06. The van der Waals surface area contributed by atoms with Crippen LogP contribution in [0.15, 0.2) is 18.2 Å². The lowest BCUT2D eigenvalue weighted by molar-refractivity contribution is 0.100. The van der Waals surface area contributed by atoms with Crippen molar-refractivity contribution in [3.05, 3.63) is 34.3 Å². The Balaban J connectivity index is 2.79. The summed E-state index contributed by atoms with van der Waals surface area (Å²) in [5, 5.41) is 3.82. The summed E-state index contributed by atoms with van der Waals surface area (Å²) in [6.45, 7) is 4.81. The molecule has 0 aliphatic heterocycles. The highest BCUT2D eigenvalue weighted by atomic mass is 35.5. The van der Waals surface area contributed by atoms with Crippen LogP contribution in [-0.4, -0.2) is 11.9 Å². The quantitative estimate of drug-likeness (QED) is 0.825. The molecule has 0 radical (unpaired) electrons. The van der Waals surface area contributed by atoms with Gasteiger partial charge >= 0.3 is 0 Å². The zero-order chi connectivity index (χ0) is 11.4. The van der Waals surface area contributed by atoms with E-state index in [1.807, 2.05) is 6.07 Å². The third kappa shape index (κ3) is 3.53. The smallest absolute Gasteiger partial charge is 0.248 e. The first-order chi connectivity index (χ1) is 7.00. The number of nitrogens with two attached hydrogens (primary N) is 1. The van der Waals surface area contributed by atoms with Crippen molar-refractivity contribution in [2.75, 3.05) is 0 Å². The van der Waals surface area contributed by atoms with Crippen LogP contribution in [0.5, 0.6) is 0 Å². The molecule has 0 atom stereocenters. The molecule has 4 heteroatoms. The van der Waals surface area contributed by atoms with Crippen LogP contribution in [-0.2, 0) is 6.54 Å². The van der Waals surface area contributed by atoms with Gasteiger partial charge in [0.2, 0.25) is 5.91 Å². The van der Waals surface area contributed by atoms with Crippen molar-refractivity contribution in [3.63, 3.8) is 0 Å². The molecule has 1 rings (SSSR count). The number of carbonyl (C=O) groups excluding carboxylic acids is 1. The molecule has 0 saturated carbocycles. The van der Waals surface area contributed by atoms with Crippen molar-refractivity contribution < 1.29 is 4.79 Å². The molecule has 0 heterocycles. The third-order valence-electron chi connectivity index (χ3n) is 2.04. The molecular formula is C11H15ClN2O. The van der Waals surface area contributed by atoms with Crippen LogP contribution in [0.3, 0.4) is 0 Å². The van der Waals surface area contributed by atoms with Gasteiger partial charge in [0.15, 0.2) is 0 Å². The second-order valence-electron chi connectivity index (χ2n) is 3.71. The molecule has 0 aliphatic carbocycles. The topological polar surface area (TPSA) is 55.1 Å². The van der Waals surface area contributed by atoms with Crippen LogP contribution in [0.1, 0.15) is 29.8 Å². The van der Waals surface area contributed by atoms with Crippen LogP contribution in [0.4, 0.5) is 0 Å². The van der Waals surface area contributed by atoms with Gasteiger partial charge in [-0.1, -0.05) is 31.5 Å². The van der Waals surface area contributed by atoms with E-state index in [2.05, 4.69) is 19.2 Å². The van der Waals surface area contributed by atoms with Crippen molar-refractivity contribution in [3.8, 4) is 0 Å². The standard InChI is InChI=1S/C11H15ClN2O/c1-7(2)14-6-9-4-3-8(11(13)15)5-10(9)12/h3-5,7,14H,6H2,1-2H3,(H2,13,15). The number of rotatable bonds is 4. The molecule has 1 amide bonds. The molecule has 0 unspecified atom stereocenters. The summed E-state index contributed by atoms with van der Waals surface area (Å²) >= 11 is 6.01.